The summed E-state index contributed by atoms with van der Waals surface area (Å²) in [5, 5.41) is 16.3. The average Bonchev–Trinajstić information content (AvgIpc) is 2.86. The number of aromatic nitrogens is 1. The van der Waals surface area contributed by atoms with E-state index in [1.807, 2.05) is 19.2 Å². The number of carboxylic acid groups (broad SMARTS) is 1. The molecule has 0 fully saturated rings. The van der Waals surface area contributed by atoms with E-state index in [2.05, 4.69) is 15.6 Å². The number of aliphatic carboxylic acids is 1. The van der Waals surface area contributed by atoms with Crippen LogP contribution in [0, 0.1) is 11.8 Å². The Kier molecular flexibility index (Phi) is 7.00. The van der Waals surface area contributed by atoms with Crippen LogP contribution < -0.4 is 10.6 Å². The summed E-state index contributed by atoms with van der Waals surface area (Å²) in [7, 11) is 0. The summed E-state index contributed by atoms with van der Waals surface area (Å²) in [4.78, 5) is 26.7. The van der Waals surface area contributed by atoms with Gasteiger partial charge in [0.2, 0.25) is 0 Å². The first-order valence-electron chi connectivity index (χ1n) is 6.60. The second-order valence-electron chi connectivity index (χ2n) is 5.03. The first kappa shape index (κ1) is 16.4. The lowest BCUT2D eigenvalue weighted by atomic mass is 9.97. The SMILES string of the molecule is CC(C)CC(CNC(=O)NCCc1cscn1)C(=O)O. The summed E-state index contributed by atoms with van der Waals surface area (Å²) < 4.78 is 0. The number of carboxylic acids is 1. The molecule has 20 heavy (non-hydrogen) atoms. The van der Waals surface area contributed by atoms with Gasteiger partial charge in [0.05, 0.1) is 17.1 Å². The zero-order chi connectivity index (χ0) is 15.0. The maximum Gasteiger partial charge on any atom is 0.314 e. The van der Waals surface area contributed by atoms with Crippen molar-refractivity contribution < 1.29 is 14.7 Å². The Labute approximate surface area is 122 Å². The number of nitrogens with zero attached hydrogens (tertiary/aromatic N) is 1. The third-order valence-corrected chi connectivity index (χ3v) is 3.40. The second kappa shape index (κ2) is 8.52. The number of hydrogen-bond acceptors (Lipinski definition) is 4. The smallest absolute Gasteiger partial charge is 0.314 e. The lowest BCUT2D eigenvalue weighted by Gasteiger charge is -2.15. The highest BCUT2D eigenvalue weighted by Crippen LogP contribution is 2.10. The summed E-state index contributed by atoms with van der Waals surface area (Å²) in [5.41, 5.74) is 2.69. The summed E-state index contributed by atoms with van der Waals surface area (Å²) >= 11 is 1.52. The van der Waals surface area contributed by atoms with Crippen LogP contribution in [0.1, 0.15) is 26.0 Å². The fraction of sp³-hybridized carbons (Fsp3) is 0.615. The van der Waals surface area contributed by atoms with E-state index in [9.17, 15) is 9.59 Å². The van der Waals surface area contributed by atoms with Gasteiger partial charge in [0.15, 0.2) is 0 Å². The molecule has 0 saturated carbocycles. The maximum atomic E-state index is 11.6. The fourth-order valence-corrected chi connectivity index (χ4v) is 2.38. The predicted octanol–water partition coefficient (Wildman–Crippen LogP) is 1.73. The van der Waals surface area contributed by atoms with E-state index in [4.69, 9.17) is 5.11 Å². The third-order valence-electron chi connectivity index (χ3n) is 2.76. The molecule has 1 unspecified atom stereocenters. The van der Waals surface area contributed by atoms with Gasteiger partial charge in [-0.2, -0.15) is 0 Å². The van der Waals surface area contributed by atoms with E-state index in [0.717, 1.165) is 5.69 Å². The number of carbonyl (C=O) groups is 2. The quantitative estimate of drug-likeness (QED) is 0.682. The lowest BCUT2D eigenvalue weighted by Crippen LogP contribution is -2.40. The summed E-state index contributed by atoms with van der Waals surface area (Å²) in [6, 6.07) is -0.338. The Morgan fingerprint density at radius 1 is 1.40 bits per heavy atom. The van der Waals surface area contributed by atoms with Crippen molar-refractivity contribution >= 4 is 23.3 Å². The normalized spacial score (nSPS) is 12.2. The minimum absolute atomic E-state index is 0.149. The molecule has 6 nitrogen and oxygen atoms in total. The van der Waals surface area contributed by atoms with Crippen molar-refractivity contribution in [2.75, 3.05) is 13.1 Å². The number of amides is 2. The molecule has 1 aromatic rings. The number of carbonyl (C=O) groups excluding carboxylic acids is 1. The molecule has 3 N–H and O–H groups in total. The average molecular weight is 299 g/mol. The number of thiazole rings is 1. The van der Waals surface area contributed by atoms with Crippen molar-refractivity contribution in [3.8, 4) is 0 Å². The van der Waals surface area contributed by atoms with Gasteiger partial charge in [0, 0.05) is 24.9 Å². The van der Waals surface area contributed by atoms with Crippen LogP contribution in [0.3, 0.4) is 0 Å². The lowest BCUT2D eigenvalue weighted by molar-refractivity contribution is -0.142. The molecule has 0 bridgehead atoms. The number of urea groups is 1. The summed E-state index contributed by atoms with van der Waals surface area (Å²) in [6.07, 6.45) is 1.22. The van der Waals surface area contributed by atoms with E-state index < -0.39 is 11.9 Å². The summed E-state index contributed by atoms with van der Waals surface area (Å²) in [6.45, 7) is 4.56. The van der Waals surface area contributed by atoms with Crippen molar-refractivity contribution in [1.29, 1.82) is 0 Å². The molecule has 0 spiro atoms. The molecule has 0 saturated heterocycles. The van der Waals surface area contributed by atoms with Crippen LogP contribution in [-0.4, -0.2) is 35.2 Å². The van der Waals surface area contributed by atoms with E-state index in [0.29, 0.717) is 19.4 Å². The van der Waals surface area contributed by atoms with Crippen LogP contribution in [0.2, 0.25) is 0 Å². The van der Waals surface area contributed by atoms with Gasteiger partial charge in [-0.25, -0.2) is 9.78 Å². The standard InChI is InChI=1S/C13H21N3O3S/c1-9(2)5-10(12(17)18)6-15-13(19)14-4-3-11-7-20-8-16-11/h7-10H,3-6H2,1-2H3,(H,17,18)(H2,14,15,19). The molecule has 0 aromatic carbocycles. The number of nitrogens with one attached hydrogen (secondary N) is 2. The van der Waals surface area contributed by atoms with Gasteiger partial charge in [-0.05, 0) is 12.3 Å². The van der Waals surface area contributed by atoms with E-state index >= 15 is 0 Å². The summed E-state index contributed by atoms with van der Waals surface area (Å²) in [5.74, 6) is -1.13. The predicted molar refractivity (Wildman–Crippen MR) is 77.8 cm³/mol. The van der Waals surface area contributed by atoms with Crippen molar-refractivity contribution in [2.45, 2.75) is 26.7 Å². The Morgan fingerprint density at radius 3 is 2.70 bits per heavy atom. The highest BCUT2D eigenvalue weighted by molar-refractivity contribution is 7.07. The minimum Gasteiger partial charge on any atom is -0.481 e. The highest BCUT2D eigenvalue weighted by atomic mass is 32.1. The highest BCUT2D eigenvalue weighted by Gasteiger charge is 2.19. The van der Waals surface area contributed by atoms with Crippen molar-refractivity contribution in [3.63, 3.8) is 0 Å². The van der Waals surface area contributed by atoms with Gasteiger partial charge >= 0.3 is 12.0 Å². The van der Waals surface area contributed by atoms with Crippen molar-refractivity contribution in [3.05, 3.63) is 16.6 Å². The van der Waals surface area contributed by atoms with Gasteiger partial charge in [0.1, 0.15) is 0 Å². The number of hydrogen-bond donors (Lipinski definition) is 3. The molecule has 0 aliphatic carbocycles. The van der Waals surface area contributed by atoms with E-state index in [1.165, 1.54) is 11.3 Å². The topological polar surface area (TPSA) is 91.3 Å². The van der Waals surface area contributed by atoms with Crippen molar-refractivity contribution in [1.82, 2.24) is 15.6 Å². The van der Waals surface area contributed by atoms with Crippen LogP contribution in [-0.2, 0) is 11.2 Å². The largest absolute Gasteiger partial charge is 0.481 e. The van der Waals surface area contributed by atoms with E-state index in [1.54, 1.807) is 5.51 Å². The number of rotatable bonds is 8. The van der Waals surface area contributed by atoms with Crippen LogP contribution in [0.15, 0.2) is 10.9 Å². The first-order chi connectivity index (χ1) is 9.49. The Bertz CT molecular complexity index is 421. The Hall–Kier alpha value is -1.63. The molecular weight excluding hydrogens is 278 g/mol. The molecule has 7 heteroatoms. The molecule has 0 aliphatic heterocycles. The minimum atomic E-state index is -0.874. The van der Waals surface area contributed by atoms with Crippen LogP contribution in [0.5, 0.6) is 0 Å². The monoisotopic (exact) mass is 299 g/mol. The molecule has 0 aliphatic rings. The molecule has 1 aromatic heterocycles. The second-order valence-corrected chi connectivity index (χ2v) is 5.75. The van der Waals surface area contributed by atoms with Gasteiger partial charge in [-0.15, -0.1) is 11.3 Å². The van der Waals surface area contributed by atoms with E-state index in [-0.39, 0.29) is 18.5 Å². The molecule has 2 amide bonds. The van der Waals surface area contributed by atoms with Gasteiger partial charge in [0.25, 0.3) is 0 Å². The molecule has 0 radical (unpaired) electrons. The maximum absolute atomic E-state index is 11.6. The van der Waals surface area contributed by atoms with Crippen LogP contribution >= 0.6 is 11.3 Å². The fourth-order valence-electron chi connectivity index (χ4n) is 1.78. The zero-order valence-electron chi connectivity index (χ0n) is 11.8. The van der Waals surface area contributed by atoms with Gasteiger partial charge in [-0.1, -0.05) is 13.8 Å². The van der Waals surface area contributed by atoms with Crippen LogP contribution in [0.4, 0.5) is 4.79 Å². The molecular formula is C13H21N3O3S. The Balaban J connectivity index is 2.22. The molecule has 1 heterocycles. The molecule has 1 rings (SSSR count). The van der Waals surface area contributed by atoms with Crippen molar-refractivity contribution in [2.24, 2.45) is 11.8 Å². The zero-order valence-corrected chi connectivity index (χ0v) is 12.6. The van der Waals surface area contributed by atoms with Crippen LogP contribution in [0.25, 0.3) is 0 Å². The van der Waals surface area contributed by atoms with Gasteiger partial charge in [-0.3, -0.25) is 4.79 Å². The Morgan fingerprint density at radius 2 is 2.15 bits per heavy atom. The molecule has 1 atom stereocenters. The van der Waals surface area contributed by atoms with Gasteiger partial charge < -0.3 is 15.7 Å². The molecule has 112 valence electrons. The first-order valence-corrected chi connectivity index (χ1v) is 7.55. The third kappa shape index (κ3) is 6.51.